The van der Waals surface area contributed by atoms with Crippen molar-refractivity contribution in [2.24, 2.45) is 17.6 Å². The van der Waals surface area contributed by atoms with Crippen LogP contribution in [0.3, 0.4) is 0 Å². The van der Waals surface area contributed by atoms with Crippen molar-refractivity contribution in [2.45, 2.75) is 65.1 Å². The number of hydrogen-bond donors (Lipinski definition) is 4. The molecule has 0 heterocycles. The lowest BCUT2D eigenvalue weighted by molar-refractivity contribution is -0.142. The van der Waals surface area contributed by atoms with Gasteiger partial charge in [0.15, 0.2) is 0 Å². The second-order valence-electron chi connectivity index (χ2n) is 6.79. The molecule has 2 amide bonds. The van der Waals surface area contributed by atoms with Crippen LogP contribution >= 0.6 is 11.8 Å². The smallest absolute Gasteiger partial charge is 0.326 e. The van der Waals surface area contributed by atoms with E-state index in [-0.39, 0.29) is 17.7 Å². The predicted molar refractivity (Wildman–Crippen MR) is 101 cm³/mol. The molecule has 0 aliphatic heterocycles. The molecule has 0 aliphatic carbocycles. The molecule has 4 atom stereocenters. The first kappa shape index (κ1) is 23.7. The third-order valence-corrected chi connectivity index (χ3v) is 4.72. The van der Waals surface area contributed by atoms with Crippen LogP contribution in [0.4, 0.5) is 0 Å². The van der Waals surface area contributed by atoms with E-state index >= 15 is 0 Å². The predicted octanol–water partition coefficient (Wildman–Crippen LogP) is 1.21. The first-order valence-electron chi connectivity index (χ1n) is 8.72. The lowest BCUT2D eigenvalue weighted by Crippen LogP contribution is -2.56. The molecular weight excluding hydrogens is 342 g/mol. The fourth-order valence-electron chi connectivity index (χ4n) is 2.33. The molecule has 0 rings (SSSR count). The molecule has 0 radical (unpaired) electrons. The molecule has 0 bridgehead atoms. The molecule has 25 heavy (non-hydrogen) atoms. The molecule has 0 saturated heterocycles. The number of amides is 2. The number of carbonyl (C=O) groups is 3. The summed E-state index contributed by atoms with van der Waals surface area (Å²) >= 11 is 1.51. The molecule has 0 aromatic carbocycles. The van der Waals surface area contributed by atoms with E-state index in [0.717, 1.165) is 0 Å². The summed E-state index contributed by atoms with van der Waals surface area (Å²) in [6.07, 6.45) is 3.39. The minimum atomic E-state index is -1.08. The summed E-state index contributed by atoms with van der Waals surface area (Å²) in [5, 5.41) is 14.5. The average molecular weight is 376 g/mol. The molecule has 8 heteroatoms. The SMILES string of the molecule is CCC(C)C(NC(=O)C(N)CC(C)C)C(=O)NC(CCSC)C(=O)O. The van der Waals surface area contributed by atoms with Gasteiger partial charge in [-0.15, -0.1) is 0 Å². The van der Waals surface area contributed by atoms with Gasteiger partial charge in [-0.1, -0.05) is 34.1 Å². The minimum Gasteiger partial charge on any atom is -0.480 e. The number of carboxylic acid groups (broad SMARTS) is 1. The number of thioether (sulfide) groups is 1. The van der Waals surface area contributed by atoms with Crippen molar-refractivity contribution in [2.75, 3.05) is 12.0 Å². The molecule has 5 N–H and O–H groups in total. The maximum Gasteiger partial charge on any atom is 0.326 e. The van der Waals surface area contributed by atoms with E-state index in [0.29, 0.717) is 25.0 Å². The molecule has 146 valence electrons. The highest BCUT2D eigenvalue weighted by atomic mass is 32.2. The summed E-state index contributed by atoms with van der Waals surface area (Å²) < 4.78 is 0. The zero-order valence-corrected chi connectivity index (χ0v) is 16.7. The second kappa shape index (κ2) is 12.1. The maximum absolute atomic E-state index is 12.6. The number of hydrogen-bond acceptors (Lipinski definition) is 5. The molecule has 0 fully saturated rings. The number of nitrogens with one attached hydrogen (secondary N) is 2. The average Bonchev–Trinajstić information content (AvgIpc) is 2.54. The Morgan fingerprint density at radius 2 is 1.72 bits per heavy atom. The summed E-state index contributed by atoms with van der Waals surface area (Å²) in [7, 11) is 0. The van der Waals surface area contributed by atoms with E-state index in [1.807, 2.05) is 34.0 Å². The Morgan fingerprint density at radius 1 is 1.12 bits per heavy atom. The van der Waals surface area contributed by atoms with Crippen molar-refractivity contribution in [1.82, 2.24) is 10.6 Å². The number of aliphatic carboxylic acids is 1. The summed E-state index contributed by atoms with van der Waals surface area (Å²) in [5.41, 5.74) is 5.88. The van der Waals surface area contributed by atoms with Crippen LogP contribution < -0.4 is 16.4 Å². The van der Waals surface area contributed by atoms with Gasteiger partial charge in [-0.3, -0.25) is 9.59 Å². The lowest BCUT2D eigenvalue weighted by atomic mass is 9.96. The Balaban J connectivity index is 5.03. The van der Waals surface area contributed by atoms with E-state index < -0.39 is 30.0 Å². The van der Waals surface area contributed by atoms with Gasteiger partial charge in [0, 0.05) is 0 Å². The molecule has 7 nitrogen and oxygen atoms in total. The highest BCUT2D eigenvalue weighted by Crippen LogP contribution is 2.11. The molecule has 4 unspecified atom stereocenters. The second-order valence-corrected chi connectivity index (χ2v) is 7.77. The van der Waals surface area contributed by atoms with Crippen molar-refractivity contribution in [3.63, 3.8) is 0 Å². The topological polar surface area (TPSA) is 122 Å². The quantitative estimate of drug-likeness (QED) is 0.407. The van der Waals surface area contributed by atoms with Gasteiger partial charge < -0.3 is 21.5 Å². The largest absolute Gasteiger partial charge is 0.480 e. The van der Waals surface area contributed by atoms with Gasteiger partial charge in [0.2, 0.25) is 11.8 Å². The van der Waals surface area contributed by atoms with Crippen molar-refractivity contribution in [3.05, 3.63) is 0 Å². The zero-order chi connectivity index (χ0) is 19.6. The van der Waals surface area contributed by atoms with Crippen LogP contribution in [0, 0.1) is 11.8 Å². The molecule has 0 aliphatic rings. The third kappa shape index (κ3) is 9.11. The number of rotatable bonds is 12. The van der Waals surface area contributed by atoms with Gasteiger partial charge >= 0.3 is 5.97 Å². The normalized spacial score (nSPS) is 16.0. The van der Waals surface area contributed by atoms with E-state index in [1.165, 1.54) is 11.8 Å². The highest BCUT2D eigenvalue weighted by Gasteiger charge is 2.30. The summed E-state index contributed by atoms with van der Waals surface area (Å²) in [6, 6.07) is -2.45. The summed E-state index contributed by atoms with van der Waals surface area (Å²) in [4.78, 5) is 36.2. The number of carboxylic acids is 1. The van der Waals surface area contributed by atoms with Crippen molar-refractivity contribution >= 4 is 29.5 Å². The minimum absolute atomic E-state index is 0.134. The van der Waals surface area contributed by atoms with Crippen LogP contribution in [0.5, 0.6) is 0 Å². The highest BCUT2D eigenvalue weighted by molar-refractivity contribution is 7.98. The van der Waals surface area contributed by atoms with Crippen LogP contribution in [-0.2, 0) is 14.4 Å². The zero-order valence-electron chi connectivity index (χ0n) is 15.9. The Kier molecular flexibility index (Phi) is 11.5. The standard InChI is InChI=1S/C17H33N3O4S/c1-6-11(4)14(20-15(21)12(18)9-10(2)3)16(22)19-13(17(23)24)7-8-25-5/h10-14H,6-9,18H2,1-5H3,(H,19,22)(H,20,21)(H,23,24). The van der Waals surface area contributed by atoms with E-state index in [2.05, 4.69) is 10.6 Å². The molecule has 0 aromatic rings. The van der Waals surface area contributed by atoms with Gasteiger partial charge in [-0.05, 0) is 36.7 Å². The van der Waals surface area contributed by atoms with Gasteiger partial charge in [0.1, 0.15) is 12.1 Å². The maximum atomic E-state index is 12.6. The summed E-state index contributed by atoms with van der Waals surface area (Å²) in [6.45, 7) is 7.69. The molecular formula is C17H33N3O4S. The lowest BCUT2D eigenvalue weighted by Gasteiger charge is -2.27. The molecule has 0 spiro atoms. The van der Waals surface area contributed by atoms with Crippen molar-refractivity contribution in [1.29, 1.82) is 0 Å². The van der Waals surface area contributed by atoms with Gasteiger partial charge in [-0.25, -0.2) is 4.79 Å². The van der Waals surface area contributed by atoms with Crippen LogP contribution in [0.15, 0.2) is 0 Å². The first-order chi connectivity index (χ1) is 11.6. The van der Waals surface area contributed by atoms with Gasteiger partial charge in [0.05, 0.1) is 6.04 Å². The number of nitrogens with two attached hydrogens (primary N) is 1. The van der Waals surface area contributed by atoms with Crippen LogP contribution in [0.25, 0.3) is 0 Å². The van der Waals surface area contributed by atoms with Crippen molar-refractivity contribution < 1.29 is 19.5 Å². The molecule has 0 aromatic heterocycles. The third-order valence-electron chi connectivity index (χ3n) is 4.08. The fourth-order valence-corrected chi connectivity index (χ4v) is 2.80. The molecule has 0 saturated carbocycles. The van der Waals surface area contributed by atoms with E-state index in [1.54, 1.807) is 0 Å². The first-order valence-corrected chi connectivity index (χ1v) is 10.1. The number of carbonyl (C=O) groups excluding carboxylic acids is 2. The van der Waals surface area contributed by atoms with Gasteiger partial charge in [0.25, 0.3) is 0 Å². The monoisotopic (exact) mass is 375 g/mol. The van der Waals surface area contributed by atoms with E-state index in [9.17, 15) is 19.5 Å². The van der Waals surface area contributed by atoms with Crippen molar-refractivity contribution in [3.8, 4) is 0 Å². The summed E-state index contributed by atoms with van der Waals surface area (Å²) in [5.74, 6) is -1.19. The van der Waals surface area contributed by atoms with Gasteiger partial charge in [-0.2, -0.15) is 11.8 Å². The van der Waals surface area contributed by atoms with Crippen LogP contribution in [0.1, 0.15) is 47.0 Å². The Morgan fingerprint density at radius 3 is 2.16 bits per heavy atom. The van der Waals surface area contributed by atoms with E-state index in [4.69, 9.17) is 5.73 Å². The Bertz CT molecular complexity index is 446. The van der Waals surface area contributed by atoms with Crippen LogP contribution in [-0.4, -0.2) is 53.0 Å². The Labute approximate surface area is 154 Å². The fraction of sp³-hybridized carbons (Fsp3) is 0.824. The van der Waals surface area contributed by atoms with Crippen LogP contribution in [0.2, 0.25) is 0 Å². The Hall–Kier alpha value is -1.28.